The summed E-state index contributed by atoms with van der Waals surface area (Å²) < 4.78 is 1.86. The molecule has 16 heavy (non-hydrogen) atoms. The molecule has 2 aromatic heterocycles. The summed E-state index contributed by atoms with van der Waals surface area (Å²) in [6, 6.07) is 1.68. The molecule has 84 valence electrons. The number of rotatable bonds is 3. The summed E-state index contributed by atoms with van der Waals surface area (Å²) in [7, 11) is 0. The molecule has 0 unspecified atom stereocenters. The van der Waals surface area contributed by atoms with Crippen LogP contribution in [0.3, 0.4) is 0 Å². The molecular weight excluding hydrogens is 247 g/mol. The Morgan fingerprint density at radius 3 is 2.88 bits per heavy atom. The molecule has 0 spiro atoms. The number of aryl methyl sites for hydroxylation is 1. The molecule has 2 aromatic rings. The van der Waals surface area contributed by atoms with Crippen molar-refractivity contribution in [2.24, 2.45) is 0 Å². The number of aromatic nitrogens is 4. The van der Waals surface area contributed by atoms with Crippen molar-refractivity contribution in [3.63, 3.8) is 0 Å². The Morgan fingerprint density at radius 1 is 1.31 bits per heavy atom. The van der Waals surface area contributed by atoms with Crippen LogP contribution in [0.5, 0.6) is 0 Å². The van der Waals surface area contributed by atoms with E-state index in [1.807, 2.05) is 10.9 Å². The first-order valence-corrected chi connectivity index (χ1v) is 5.68. The van der Waals surface area contributed by atoms with Crippen LogP contribution in [-0.4, -0.2) is 20.0 Å². The van der Waals surface area contributed by atoms with Crippen LogP contribution < -0.4 is 0 Å². The molecule has 6 heteroatoms. The average molecular weight is 257 g/mol. The Hall–Kier alpha value is -1.13. The van der Waals surface area contributed by atoms with Crippen LogP contribution >= 0.6 is 23.2 Å². The predicted molar refractivity (Wildman–Crippen MR) is 63.6 cm³/mol. The highest BCUT2D eigenvalue weighted by Gasteiger charge is 2.08. The minimum atomic E-state index is 0.322. The quantitative estimate of drug-likeness (QED) is 0.848. The first kappa shape index (κ1) is 11.4. The van der Waals surface area contributed by atoms with Gasteiger partial charge in [-0.2, -0.15) is 5.10 Å². The molecular formula is C10H10Cl2N4. The summed E-state index contributed by atoms with van der Waals surface area (Å²) in [4.78, 5) is 0. The fraction of sp³-hybridized carbons (Fsp3) is 0.300. The highest BCUT2D eigenvalue weighted by atomic mass is 35.5. The van der Waals surface area contributed by atoms with Crippen molar-refractivity contribution >= 4 is 23.2 Å². The van der Waals surface area contributed by atoms with Crippen molar-refractivity contribution in [3.05, 3.63) is 28.8 Å². The second kappa shape index (κ2) is 4.80. The van der Waals surface area contributed by atoms with Gasteiger partial charge in [0.05, 0.1) is 6.20 Å². The van der Waals surface area contributed by atoms with Crippen LogP contribution in [0.15, 0.2) is 18.5 Å². The van der Waals surface area contributed by atoms with Crippen LogP contribution in [0.25, 0.3) is 11.1 Å². The summed E-state index contributed by atoms with van der Waals surface area (Å²) in [6.45, 7) is 2.98. The lowest BCUT2D eigenvalue weighted by Gasteiger charge is -1.99. The molecule has 0 aliphatic rings. The SMILES string of the molecule is CCCn1cc(-c2cc(Cl)nnc2Cl)cn1. The predicted octanol–water partition coefficient (Wildman–Crippen LogP) is 3.06. The first-order chi connectivity index (χ1) is 7.70. The number of nitrogens with zero attached hydrogens (tertiary/aromatic N) is 4. The molecule has 0 amide bonds. The molecule has 0 saturated carbocycles. The highest BCUT2D eigenvalue weighted by Crippen LogP contribution is 2.26. The van der Waals surface area contributed by atoms with Crippen LogP contribution in [0.4, 0.5) is 0 Å². The van der Waals surface area contributed by atoms with E-state index in [2.05, 4.69) is 22.2 Å². The Labute approximate surface area is 103 Å². The lowest BCUT2D eigenvalue weighted by molar-refractivity contribution is 0.603. The van der Waals surface area contributed by atoms with Gasteiger partial charge in [0.2, 0.25) is 0 Å². The molecule has 0 radical (unpaired) electrons. The van der Waals surface area contributed by atoms with Crippen molar-refractivity contribution < 1.29 is 0 Å². The second-order valence-electron chi connectivity index (χ2n) is 3.36. The molecule has 2 rings (SSSR count). The fourth-order valence-corrected chi connectivity index (χ4v) is 1.76. The van der Waals surface area contributed by atoms with E-state index in [1.54, 1.807) is 12.3 Å². The molecule has 0 aromatic carbocycles. The van der Waals surface area contributed by atoms with E-state index in [9.17, 15) is 0 Å². The van der Waals surface area contributed by atoms with Crippen molar-refractivity contribution in [2.75, 3.05) is 0 Å². The van der Waals surface area contributed by atoms with Gasteiger partial charge in [0.15, 0.2) is 10.3 Å². The van der Waals surface area contributed by atoms with E-state index in [0.29, 0.717) is 10.3 Å². The van der Waals surface area contributed by atoms with Gasteiger partial charge in [0.1, 0.15) is 0 Å². The Morgan fingerprint density at radius 2 is 2.12 bits per heavy atom. The zero-order valence-corrected chi connectivity index (χ0v) is 10.2. The van der Waals surface area contributed by atoms with E-state index in [-0.39, 0.29) is 0 Å². The van der Waals surface area contributed by atoms with Crippen molar-refractivity contribution in [1.29, 1.82) is 0 Å². The van der Waals surface area contributed by atoms with Gasteiger partial charge in [-0.3, -0.25) is 4.68 Å². The van der Waals surface area contributed by atoms with E-state index >= 15 is 0 Å². The highest BCUT2D eigenvalue weighted by molar-refractivity contribution is 6.33. The van der Waals surface area contributed by atoms with Crippen LogP contribution in [0.2, 0.25) is 10.3 Å². The monoisotopic (exact) mass is 256 g/mol. The van der Waals surface area contributed by atoms with Crippen LogP contribution in [0.1, 0.15) is 13.3 Å². The van der Waals surface area contributed by atoms with Gasteiger partial charge < -0.3 is 0 Å². The first-order valence-electron chi connectivity index (χ1n) is 4.92. The third-order valence-electron chi connectivity index (χ3n) is 2.12. The van der Waals surface area contributed by atoms with Gasteiger partial charge in [0, 0.05) is 23.9 Å². The van der Waals surface area contributed by atoms with Gasteiger partial charge in [0.25, 0.3) is 0 Å². The maximum absolute atomic E-state index is 5.95. The van der Waals surface area contributed by atoms with Gasteiger partial charge in [-0.25, -0.2) is 0 Å². The lowest BCUT2D eigenvalue weighted by atomic mass is 10.2. The lowest BCUT2D eigenvalue weighted by Crippen LogP contribution is -1.95. The molecule has 0 fully saturated rings. The van der Waals surface area contributed by atoms with Crippen LogP contribution in [0, 0.1) is 0 Å². The number of hydrogen-bond acceptors (Lipinski definition) is 3. The minimum absolute atomic E-state index is 0.322. The average Bonchev–Trinajstić information content (AvgIpc) is 2.71. The maximum Gasteiger partial charge on any atom is 0.159 e. The molecule has 0 atom stereocenters. The van der Waals surface area contributed by atoms with E-state index in [4.69, 9.17) is 23.2 Å². The van der Waals surface area contributed by atoms with Crippen LogP contribution in [-0.2, 0) is 6.54 Å². The molecule has 0 bridgehead atoms. The number of halogens is 2. The molecule has 0 saturated heterocycles. The summed E-state index contributed by atoms with van der Waals surface area (Å²) in [5.41, 5.74) is 1.65. The second-order valence-corrected chi connectivity index (χ2v) is 4.11. The van der Waals surface area contributed by atoms with Crippen molar-refractivity contribution in [3.8, 4) is 11.1 Å². The molecule has 4 nitrogen and oxygen atoms in total. The summed E-state index contributed by atoms with van der Waals surface area (Å²) >= 11 is 11.7. The molecule has 2 heterocycles. The largest absolute Gasteiger partial charge is 0.272 e. The summed E-state index contributed by atoms with van der Waals surface area (Å²) in [5, 5.41) is 12.3. The smallest absolute Gasteiger partial charge is 0.159 e. The third kappa shape index (κ3) is 2.33. The topological polar surface area (TPSA) is 43.6 Å². The zero-order chi connectivity index (χ0) is 11.5. The third-order valence-corrected chi connectivity index (χ3v) is 2.58. The Kier molecular flexibility index (Phi) is 3.41. The number of hydrogen-bond donors (Lipinski definition) is 0. The standard InChI is InChI=1S/C10H10Cl2N4/c1-2-3-16-6-7(5-13-16)8-4-9(11)14-15-10(8)12/h4-6H,2-3H2,1H3. The molecule has 0 aliphatic heterocycles. The Balaban J connectivity index is 2.38. The maximum atomic E-state index is 5.95. The summed E-state index contributed by atoms with van der Waals surface area (Å²) in [6.07, 6.45) is 4.70. The van der Waals surface area contributed by atoms with Gasteiger partial charge in [-0.05, 0) is 12.5 Å². The van der Waals surface area contributed by atoms with Crippen molar-refractivity contribution in [2.45, 2.75) is 19.9 Å². The minimum Gasteiger partial charge on any atom is -0.272 e. The normalized spacial score (nSPS) is 10.7. The fourth-order valence-electron chi connectivity index (χ4n) is 1.41. The molecule has 0 aliphatic carbocycles. The van der Waals surface area contributed by atoms with Gasteiger partial charge >= 0.3 is 0 Å². The van der Waals surface area contributed by atoms with Gasteiger partial charge in [-0.1, -0.05) is 30.1 Å². The summed E-state index contributed by atoms with van der Waals surface area (Å²) in [5.74, 6) is 0. The van der Waals surface area contributed by atoms with E-state index < -0.39 is 0 Å². The zero-order valence-electron chi connectivity index (χ0n) is 8.69. The Bertz CT molecular complexity index is 495. The van der Waals surface area contributed by atoms with Crippen molar-refractivity contribution in [1.82, 2.24) is 20.0 Å². The van der Waals surface area contributed by atoms with E-state index in [1.165, 1.54) is 0 Å². The van der Waals surface area contributed by atoms with E-state index in [0.717, 1.165) is 24.1 Å². The molecule has 0 N–H and O–H groups in total. The van der Waals surface area contributed by atoms with Gasteiger partial charge in [-0.15, -0.1) is 10.2 Å².